The maximum Gasteiger partial charge on any atom is 1.00 e. The molecule has 0 bridgehead atoms. The first-order valence-corrected chi connectivity index (χ1v) is 12.8. The molecule has 0 aromatic heterocycles. The second-order valence-electron chi connectivity index (χ2n) is 3.83. The van der Waals surface area contributed by atoms with Gasteiger partial charge in [-0.05, 0) is 0 Å². The molecular formula is C4H6F11KO14S5. The van der Waals surface area contributed by atoms with Gasteiger partial charge in [0.1, 0.15) is 0 Å². The SMILES string of the molecule is CS(=O)(=O)F.O=S(=O)(F)C(F)(F)F.O=S(=O)(O)C(F)(F)F.O=S(=O)(O)O.O=S(=O)([O-])C(F)(F)F.[K+]. The van der Waals surface area contributed by atoms with Crippen molar-refractivity contribution in [1.29, 1.82) is 0 Å². The Hall–Kier alpha value is 0.456. The fourth-order valence-corrected chi connectivity index (χ4v) is 0. The van der Waals surface area contributed by atoms with Crippen molar-refractivity contribution >= 4 is 51.1 Å². The molecule has 0 aliphatic heterocycles. The van der Waals surface area contributed by atoms with Crippen LogP contribution in [0.2, 0.25) is 0 Å². The molecule has 0 heterocycles. The summed E-state index contributed by atoms with van der Waals surface area (Å²) in [5.74, 6) is 0. The first-order valence-electron chi connectivity index (χ1n) is 5.41. The van der Waals surface area contributed by atoms with Gasteiger partial charge in [0.2, 0.25) is 0 Å². The van der Waals surface area contributed by atoms with Crippen LogP contribution in [0.4, 0.5) is 47.3 Å². The van der Waals surface area contributed by atoms with Gasteiger partial charge in [-0.15, -0.1) is 3.89 Å². The summed E-state index contributed by atoms with van der Waals surface area (Å²) in [5.41, 5.74) is -16.9. The van der Waals surface area contributed by atoms with Gasteiger partial charge in [0, 0.05) is 0 Å². The van der Waals surface area contributed by atoms with Crippen LogP contribution in [0.3, 0.4) is 0 Å². The standard InChI is InChI=1S/CF4O2S.2CHF3O3S.CH3FO2S.K.H2O4S/c3*2-1(3,4)8(5,6)7;1-5(2,3)4;;1-5(2,3)4/h;2*(H,5,6,7);1H3;;(H2,1,2,3,4)/q;;;;+1;/p-1. The molecule has 0 saturated heterocycles. The number of rotatable bonds is 0. The second kappa shape index (κ2) is 16.4. The summed E-state index contributed by atoms with van der Waals surface area (Å²) in [5, 5.41) is 0. The molecule has 0 aromatic carbocycles. The van der Waals surface area contributed by atoms with Gasteiger partial charge in [0.05, 0.1) is 6.26 Å². The van der Waals surface area contributed by atoms with Gasteiger partial charge in [-0.25, -0.2) is 8.42 Å². The molecule has 0 aliphatic rings. The van der Waals surface area contributed by atoms with Crippen molar-refractivity contribution in [3.63, 3.8) is 0 Å². The summed E-state index contributed by atoms with van der Waals surface area (Å²) >= 11 is 0. The Balaban J connectivity index is -0.0000000757. The topological polar surface area (TPSA) is 254 Å². The van der Waals surface area contributed by atoms with Crippen LogP contribution in [0.25, 0.3) is 0 Å². The van der Waals surface area contributed by atoms with Crippen molar-refractivity contribution in [2.45, 2.75) is 16.5 Å². The van der Waals surface area contributed by atoms with E-state index in [0.717, 1.165) is 0 Å². The molecule has 14 nitrogen and oxygen atoms in total. The van der Waals surface area contributed by atoms with Crippen LogP contribution < -0.4 is 51.4 Å². The summed E-state index contributed by atoms with van der Waals surface area (Å²) in [6.45, 7) is 0. The third kappa shape index (κ3) is 48.1. The minimum absolute atomic E-state index is 0. The van der Waals surface area contributed by atoms with E-state index in [0.29, 0.717) is 6.26 Å². The molecule has 0 radical (unpaired) electrons. The summed E-state index contributed by atoms with van der Waals surface area (Å²) in [6.07, 6.45) is 0.493. The maximum atomic E-state index is 10.7. The van der Waals surface area contributed by atoms with Gasteiger partial charge in [-0.2, -0.15) is 73.2 Å². The Morgan fingerprint density at radius 2 is 0.657 bits per heavy atom. The van der Waals surface area contributed by atoms with Crippen molar-refractivity contribution in [1.82, 2.24) is 0 Å². The Morgan fingerprint density at radius 3 is 0.657 bits per heavy atom. The van der Waals surface area contributed by atoms with E-state index in [1.54, 1.807) is 0 Å². The van der Waals surface area contributed by atoms with Crippen LogP contribution in [0.15, 0.2) is 0 Å². The second-order valence-corrected chi connectivity index (χ2v) is 10.2. The van der Waals surface area contributed by atoms with Gasteiger partial charge in [-0.1, -0.05) is 3.89 Å². The van der Waals surface area contributed by atoms with Crippen LogP contribution in [0.5, 0.6) is 0 Å². The van der Waals surface area contributed by atoms with Gasteiger partial charge < -0.3 is 4.55 Å². The van der Waals surface area contributed by atoms with Gasteiger partial charge in [0.25, 0.3) is 10.2 Å². The number of hydrogen-bond acceptors (Lipinski definition) is 11. The van der Waals surface area contributed by atoms with Crippen LogP contribution in [-0.2, 0) is 51.1 Å². The molecule has 3 N–H and O–H groups in total. The largest absolute Gasteiger partial charge is 1.00 e. The van der Waals surface area contributed by atoms with E-state index in [1.807, 2.05) is 0 Å². The monoisotopic (exact) mass is 686 g/mol. The van der Waals surface area contributed by atoms with Crippen molar-refractivity contribution in [2.75, 3.05) is 6.26 Å². The zero-order valence-corrected chi connectivity index (χ0v) is 22.7. The van der Waals surface area contributed by atoms with Crippen molar-refractivity contribution in [2.24, 2.45) is 0 Å². The molecule has 214 valence electrons. The number of hydrogen-bond donors (Lipinski definition) is 3. The molecule has 0 saturated carbocycles. The molecule has 0 rings (SSSR count). The minimum atomic E-state index is -6.34. The zero-order chi connectivity index (χ0) is 30.0. The third-order valence-corrected chi connectivity index (χ3v) is 2.56. The van der Waals surface area contributed by atoms with E-state index in [2.05, 4.69) is 0 Å². The van der Waals surface area contributed by atoms with E-state index in [4.69, 9.17) is 60.3 Å². The van der Waals surface area contributed by atoms with Crippen molar-refractivity contribution < 1.29 is 159 Å². The first kappa shape index (κ1) is 48.5. The summed E-state index contributed by atoms with van der Waals surface area (Å²) in [7, 11) is -27.1. The van der Waals surface area contributed by atoms with Crippen LogP contribution >= 0.6 is 0 Å². The van der Waals surface area contributed by atoms with E-state index < -0.39 is 67.6 Å². The number of halogens is 11. The molecule has 0 aromatic rings. The molecule has 0 fully saturated rings. The summed E-state index contributed by atoms with van der Waals surface area (Å²) in [4.78, 5) is 0. The fraction of sp³-hybridized carbons (Fsp3) is 1.00. The fourth-order valence-electron chi connectivity index (χ4n) is 0. The van der Waals surface area contributed by atoms with Gasteiger partial charge in [0.15, 0.2) is 10.1 Å². The Kier molecular flexibility index (Phi) is 22.8. The van der Waals surface area contributed by atoms with Crippen LogP contribution in [0.1, 0.15) is 0 Å². The molecule has 0 atom stereocenters. The molecular weight excluding hydrogens is 680 g/mol. The zero-order valence-electron chi connectivity index (χ0n) is 15.5. The van der Waals surface area contributed by atoms with Gasteiger partial charge in [-0.3, -0.25) is 13.7 Å². The first-order chi connectivity index (χ1) is 13.8. The van der Waals surface area contributed by atoms with E-state index >= 15 is 0 Å². The van der Waals surface area contributed by atoms with E-state index in [-0.39, 0.29) is 51.4 Å². The van der Waals surface area contributed by atoms with Crippen molar-refractivity contribution in [3.05, 3.63) is 0 Å². The van der Waals surface area contributed by atoms with Crippen molar-refractivity contribution in [3.8, 4) is 0 Å². The molecule has 0 unspecified atom stereocenters. The molecule has 35 heavy (non-hydrogen) atoms. The quantitative estimate of drug-likeness (QED) is 0.0784. The van der Waals surface area contributed by atoms with Gasteiger partial charge >= 0.3 is 98.6 Å². The summed E-state index contributed by atoms with van der Waals surface area (Å²) < 4.78 is 237. The Morgan fingerprint density at radius 1 is 0.571 bits per heavy atom. The Labute approximate surface area is 230 Å². The molecule has 0 amide bonds. The average molecular weight is 686 g/mol. The molecule has 31 heteroatoms. The molecule has 0 spiro atoms. The third-order valence-electron chi connectivity index (χ3n) is 0.852. The van der Waals surface area contributed by atoms with E-state index in [1.165, 1.54) is 0 Å². The average Bonchev–Trinajstić information content (AvgIpc) is 2.27. The van der Waals surface area contributed by atoms with Crippen LogP contribution in [-0.4, -0.2) is 83.1 Å². The van der Waals surface area contributed by atoms with Crippen LogP contribution in [0, 0.1) is 0 Å². The molecule has 0 aliphatic carbocycles. The normalized spacial score (nSPS) is 12.9. The predicted octanol–water partition coefficient (Wildman–Crippen LogP) is -2.48. The van der Waals surface area contributed by atoms with E-state index in [9.17, 15) is 47.3 Å². The smallest absolute Gasteiger partial charge is 0.741 e. The number of alkyl halides is 9. The predicted molar refractivity (Wildman–Crippen MR) is 79.6 cm³/mol. The Bertz CT molecular complexity index is 980. The maximum absolute atomic E-state index is 10.7. The minimum Gasteiger partial charge on any atom is -0.741 e. The summed E-state index contributed by atoms with van der Waals surface area (Å²) in [6, 6.07) is 0.